The normalized spacial score (nSPS) is 14.9. The summed E-state index contributed by atoms with van der Waals surface area (Å²) in [5, 5.41) is 1.33. The van der Waals surface area contributed by atoms with E-state index >= 15 is 0 Å². The van der Waals surface area contributed by atoms with Crippen LogP contribution in [0.3, 0.4) is 0 Å². The Bertz CT molecular complexity index is 1080. The Labute approximate surface area is 193 Å². The van der Waals surface area contributed by atoms with Gasteiger partial charge in [-0.3, -0.25) is 15.0 Å². The number of methoxy groups -OCH3 is 1. The molecule has 0 aromatic heterocycles. The summed E-state index contributed by atoms with van der Waals surface area (Å²) < 4.78 is 16.1. The summed E-state index contributed by atoms with van der Waals surface area (Å²) in [7, 11) is 1.27. The molecule has 2 amide bonds. The average molecular weight is 455 g/mol. The van der Waals surface area contributed by atoms with Crippen LogP contribution in [-0.2, 0) is 9.53 Å². The lowest BCUT2D eigenvalue weighted by Crippen LogP contribution is -2.56. The minimum absolute atomic E-state index is 0.0207. The second-order valence-electron chi connectivity index (χ2n) is 9.13. The summed E-state index contributed by atoms with van der Waals surface area (Å²) in [5.74, 6) is -0.626. The third kappa shape index (κ3) is 5.10. The number of hydrazine groups is 1. The second-order valence-corrected chi connectivity index (χ2v) is 9.13. The number of nitrogens with one attached hydrogen (secondary N) is 1. The molecule has 2 aromatic carbocycles. The van der Waals surface area contributed by atoms with Crippen molar-refractivity contribution in [3.8, 4) is 11.5 Å². The van der Waals surface area contributed by atoms with Gasteiger partial charge in [0, 0.05) is 16.7 Å². The van der Waals surface area contributed by atoms with Crippen LogP contribution in [0.15, 0.2) is 30.3 Å². The van der Waals surface area contributed by atoms with Crippen LogP contribution in [0, 0.1) is 20.8 Å². The number of nitrogens with zero attached hydrogens (tertiary/aromatic N) is 1. The van der Waals surface area contributed by atoms with E-state index < -0.39 is 23.5 Å². The lowest BCUT2D eigenvalue weighted by molar-refractivity contribution is -0.151. The molecule has 0 radical (unpaired) electrons. The molecule has 1 heterocycles. The van der Waals surface area contributed by atoms with Gasteiger partial charge in [0.2, 0.25) is 6.10 Å². The van der Waals surface area contributed by atoms with E-state index in [1.807, 2.05) is 40.7 Å². The SMILES string of the molecule is COC(=O)C1COc2ccc(C(=O)NN(C(=O)c3cc(C)cc(C)c3)C(C)(C)C)c(C)c2O1. The first kappa shape index (κ1) is 24.1. The van der Waals surface area contributed by atoms with Gasteiger partial charge in [0.1, 0.15) is 6.61 Å². The first-order valence-corrected chi connectivity index (χ1v) is 10.7. The molecule has 1 unspecified atom stereocenters. The van der Waals surface area contributed by atoms with Crippen LogP contribution in [0.5, 0.6) is 11.5 Å². The maximum Gasteiger partial charge on any atom is 0.350 e. The number of benzene rings is 2. The molecule has 1 aliphatic heterocycles. The highest BCUT2D eigenvalue weighted by molar-refractivity contribution is 6.00. The highest BCUT2D eigenvalue weighted by Gasteiger charge is 2.33. The van der Waals surface area contributed by atoms with E-state index in [1.54, 1.807) is 31.2 Å². The Morgan fingerprint density at radius 2 is 1.70 bits per heavy atom. The topological polar surface area (TPSA) is 94.2 Å². The molecule has 176 valence electrons. The first-order chi connectivity index (χ1) is 15.4. The summed E-state index contributed by atoms with van der Waals surface area (Å²) in [6.07, 6.45) is -0.920. The van der Waals surface area contributed by atoms with E-state index in [0.717, 1.165) is 11.1 Å². The maximum atomic E-state index is 13.3. The number of hydrogen-bond acceptors (Lipinski definition) is 6. The Morgan fingerprint density at radius 3 is 2.27 bits per heavy atom. The van der Waals surface area contributed by atoms with Crippen LogP contribution < -0.4 is 14.9 Å². The minimum Gasteiger partial charge on any atom is -0.485 e. The molecule has 3 rings (SSSR count). The number of carbonyl (C=O) groups is 3. The van der Waals surface area contributed by atoms with Gasteiger partial charge in [-0.1, -0.05) is 17.2 Å². The van der Waals surface area contributed by atoms with Gasteiger partial charge in [-0.2, -0.15) is 0 Å². The van der Waals surface area contributed by atoms with Crippen molar-refractivity contribution in [1.82, 2.24) is 10.4 Å². The van der Waals surface area contributed by atoms with Crippen LogP contribution in [0.1, 0.15) is 58.2 Å². The van der Waals surface area contributed by atoms with Gasteiger partial charge in [0.05, 0.1) is 12.6 Å². The monoisotopic (exact) mass is 454 g/mol. The zero-order valence-electron chi connectivity index (χ0n) is 20.1. The van der Waals surface area contributed by atoms with Crippen molar-refractivity contribution in [2.45, 2.75) is 53.2 Å². The summed E-state index contributed by atoms with van der Waals surface area (Å²) in [6, 6.07) is 8.79. The van der Waals surface area contributed by atoms with E-state index in [9.17, 15) is 14.4 Å². The molecule has 1 atom stereocenters. The van der Waals surface area contributed by atoms with Crippen LogP contribution in [0.2, 0.25) is 0 Å². The maximum absolute atomic E-state index is 13.3. The fraction of sp³-hybridized carbons (Fsp3) is 0.400. The number of hydrogen-bond donors (Lipinski definition) is 1. The molecule has 2 aromatic rings. The fourth-order valence-corrected chi connectivity index (χ4v) is 3.67. The third-order valence-electron chi connectivity index (χ3n) is 5.28. The lowest BCUT2D eigenvalue weighted by Gasteiger charge is -2.36. The standard InChI is InChI=1S/C25H30N2O6/c1-14-10-15(2)12-17(11-14)23(29)27(25(4,5)6)26-22(28)18-8-9-19-21(16(18)3)33-20(13-32-19)24(30)31-7/h8-12,20H,13H2,1-7H3,(H,26,28). The Balaban J connectivity index is 1.91. The molecule has 1 N–H and O–H groups in total. The van der Waals surface area contributed by atoms with Crippen molar-refractivity contribution < 1.29 is 28.6 Å². The van der Waals surface area contributed by atoms with E-state index in [2.05, 4.69) is 5.43 Å². The van der Waals surface area contributed by atoms with Gasteiger partial charge >= 0.3 is 5.97 Å². The number of rotatable bonds is 3. The van der Waals surface area contributed by atoms with Crippen molar-refractivity contribution in [3.05, 3.63) is 58.1 Å². The molecule has 8 heteroatoms. The molecular weight excluding hydrogens is 424 g/mol. The number of fused-ring (bicyclic) bond motifs is 1. The molecule has 33 heavy (non-hydrogen) atoms. The quantitative estimate of drug-likeness (QED) is 0.564. The molecule has 0 saturated carbocycles. The predicted octanol–water partition coefficient (Wildman–Crippen LogP) is 3.51. The number of aryl methyl sites for hydroxylation is 2. The Kier molecular flexibility index (Phi) is 6.67. The second kappa shape index (κ2) is 9.13. The van der Waals surface area contributed by atoms with E-state index in [-0.39, 0.29) is 12.5 Å². The van der Waals surface area contributed by atoms with Crippen molar-refractivity contribution in [3.63, 3.8) is 0 Å². The molecule has 8 nitrogen and oxygen atoms in total. The Hall–Kier alpha value is -3.55. The van der Waals surface area contributed by atoms with E-state index in [0.29, 0.717) is 28.2 Å². The fourth-order valence-electron chi connectivity index (χ4n) is 3.67. The number of amides is 2. The smallest absolute Gasteiger partial charge is 0.350 e. The Morgan fingerprint density at radius 1 is 1.06 bits per heavy atom. The zero-order valence-corrected chi connectivity index (χ0v) is 20.1. The van der Waals surface area contributed by atoms with Crippen LogP contribution in [0.25, 0.3) is 0 Å². The predicted molar refractivity (Wildman–Crippen MR) is 122 cm³/mol. The number of esters is 1. The first-order valence-electron chi connectivity index (χ1n) is 10.7. The number of carbonyl (C=O) groups excluding carboxylic acids is 3. The largest absolute Gasteiger partial charge is 0.485 e. The average Bonchev–Trinajstić information content (AvgIpc) is 2.75. The summed E-state index contributed by atoms with van der Waals surface area (Å²) in [4.78, 5) is 38.5. The van der Waals surface area contributed by atoms with Crippen LogP contribution in [-0.4, -0.2) is 48.2 Å². The zero-order chi connectivity index (χ0) is 24.5. The van der Waals surface area contributed by atoms with Crippen molar-refractivity contribution in [2.75, 3.05) is 13.7 Å². The van der Waals surface area contributed by atoms with Crippen molar-refractivity contribution in [1.29, 1.82) is 0 Å². The van der Waals surface area contributed by atoms with Crippen molar-refractivity contribution >= 4 is 17.8 Å². The highest BCUT2D eigenvalue weighted by atomic mass is 16.6. The van der Waals surface area contributed by atoms with Gasteiger partial charge in [-0.25, -0.2) is 9.80 Å². The lowest BCUT2D eigenvalue weighted by atomic mass is 10.0. The van der Waals surface area contributed by atoms with Crippen LogP contribution in [0.4, 0.5) is 0 Å². The van der Waals surface area contributed by atoms with Gasteiger partial charge in [-0.15, -0.1) is 0 Å². The molecule has 0 saturated heterocycles. The van der Waals surface area contributed by atoms with Gasteiger partial charge in [0.25, 0.3) is 11.8 Å². The van der Waals surface area contributed by atoms with E-state index in [1.165, 1.54) is 12.1 Å². The molecule has 0 fully saturated rings. The minimum atomic E-state index is -0.920. The van der Waals surface area contributed by atoms with E-state index in [4.69, 9.17) is 14.2 Å². The highest BCUT2D eigenvalue weighted by Crippen LogP contribution is 2.37. The summed E-state index contributed by atoms with van der Waals surface area (Å²) >= 11 is 0. The molecule has 0 aliphatic carbocycles. The van der Waals surface area contributed by atoms with Gasteiger partial charge in [0.15, 0.2) is 11.5 Å². The summed E-state index contributed by atoms with van der Waals surface area (Å²) in [5.41, 5.74) is 5.26. The summed E-state index contributed by atoms with van der Waals surface area (Å²) in [6.45, 7) is 11.1. The van der Waals surface area contributed by atoms with Gasteiger partial charge in [-0.05, 0) is 65.8 Å². The molecule has 1 aliphatic rings. The number of ether oxygens (including phenoxy) is 3. The van der Waals surface area contributed by atoms with Crippen LogP contribution >= 0.6 is 0 Å². The molecule has 0 spiro atoms. The van der Waals surface area contributed by atoms with Crippen molar-refractivity contribution in [2.24, 2.45) is 0 Å². The molecular formula is C25H30N2O6. The molecule has 0 bridgehead atoms. The van der Waals surface area contributed by atoms with Gasteiger partial charge < -0.3 is 14.2 Å². The third-order valence-corrected chi connectivity index (χ3v) is 5.28.